The number of hydrogen-bond acceptors (Lipinski definition) is 8. The highest BCUT2D eigenvalue weighted by Gasteiger charge is 2.40. The Labute approximate surface area is 312 Å². The first-order chi connectivity index (χ1) is 25.3. The number of rotatable bonds is 15. The van der Waals surface area contributed by atoms with Crippen molar-refractivity contribution < 1.29 is 28.6 Å². The van der Waals surface area contributed by atoms with E-state index in [9.17, 15) is 4.79 Å². The van der Waals surface area contributed by atoms with Crippen LogP contribution in [0.2, 0.25) is 0 Å². The Hall–Kier alpha value is -4.34. The van der Waals surface area contributed by atoms with E-state index in [0.717, 1.165) is 29.1 Å². The maximum absolute atomic E-state index is 12.9. The van der Waals surface area contributed by atoms with E-state index < -0.39 is 11.8 Å². The van der Waals surface area contributed by atoms with Gasteiger partial charge < -0.3 is 23.8 Å². The summed E-state index contributed by atoms with van der Waals surface area (Å²) in [5.41, 5.74) is 2.76. The van der Waals surface area contributed by atoms with Crippen molar-refractivity contribution in [1.82, 2.24) is 5.06 Å². The Morgan fingerprint density at radius 1 is 0.750 bits per heavy atom. The lowest BCUT2D eigenvalue weighted by atomic mass is 9.80. The fourth-order valence-corrected chi connectivity index (χ4v) is 7.54. The smallest absolute Gasteiger partial charge is 0.494 e. The topological polar surface area (TPSA) is 66.5 Å². The van der Waals surface area contributed by atoms with Crippen LogP contribution in [0.5, 0.6) is 5.75 Å². The molecule has 3 atom stereocenters. The van der Waals surface area contributed by atoms with Crippen molar-refractivity contribution in [2.45, 2.75) is 62.9 Å². The molecule has 52 heavy (non-hydrogen) atoms. The van der Waals surface area contributed by atoms with Gasteiger partial charge in [-0.1, -0.05) is 97.1 Å². The van der Waals surface area contributed by atoms with Crippen LogP contribution in [0.25, 0.3) is 10.8 Å². The summed E-state index contributed by atoms with van der Waals surface area (Å²) in [5.74, 6) is 1.76. The third kappa shape index (κ3) is 11.3. The van der Waals surface area contributed by atoms with Crippen molar-refractivity contribution in [2.24, 2.45) is 5.92 Å². The Morgan fingerprint density at radius 2 is 1.46 bits per heavy atom. The number of hydrogen-bond donors (Lipinski definition) is 0. The molecule has 0 saturated carbocycles. The van der Waals surface area contributed by atoms with Crippen molar-refractivity contribution in [3.05, 3.63) is 144 Å². The fraction of sp³-hybridized carbons (Fsp3) is 0.341. The highest BCUT2D eigenvalue weighted by molar-refractivity contribution is 7.99. The zero-order valence-electron chi connectivity index (χ0n) is 30.3. The van der Waals surface area contributed by atoms with E-state index in [0.29, 0.717) is 39.5 Å². The summed E-state index contributed by atoms with van der Waals surface area (Å²) in [7, 11) is 0. The first kappa shape index (κ1) is 37.4. The summed E-state index contributed by atoms with van der Waals surface area (Å²) in [6.45, 7) is 8.69. The molecule has 0 bridgehead atoms. The van der Waals surface area contributed by atoms with Gasteiger partial charge in [0.05, 0.1) is 39.1 Å². The van der Waals surface area contributed by atoms with Gasteiger partial charge in [-0.15, -0.1) is 16.8 Å². The predicted molar refractivity (Wildman–Crippen MR) is 207 cm³/mol. The van der Waals surface area contributed by atoms with Gasteiger partial charge in [0, 0.05) is 29.5 Å². The summed E-state index contributed by atoms with van der Waals surface area (Å²) in [6, 6.07) is 43.8. The zero-order chi connectivity index (χ0) is 36.2. The normalized spacial score (nSPS) is 17.9. The molecule has 5 aromatic carbocycles. The molecule has 1 aliphatic rings. The molecule has 5 aromatic rings. The lowest BCUT2D eigenvalue weighted by Crippen LogP contribution is -2.50. The molecule has 0 radical (unpaired) electrons. The lowest BCUT2D eigenvalue weighted by molar-refractivity contribution is -0.189. The maximum Gasteiger partial charge on any atom is 0.528 e. The third-order valence-electron chi connectivity index (χ3n) is 8.89. The minimum Gasteiger partial charge on any atom is -0.494 e. The van der Waals surface area contributed by atoms with Crippen LogP contribution in [0.15, 0.2) is 132 Å². The van der Waals surface area contributed by atoms with Crippen LogP contribution in [-0.4, -0.2) is 55.0 Å². The Balaban J connectivity index is 1.17. The molecule has 8 heteroatoms. The molecule has 7 nitrogen and oxygen atoms in total. The molecule has 1 fully saturated rings. The molecule has 0 aromatic heterocycles. The van der Waals surface area contributed by atoms with E-state index in [1.165, 1.54) is 21.2 Å². The van der Waals surface area contributed by atoms with Gasteiger partial charge in [0.15, 0.2) is 0 Å². The number of piperidine rings is 1. The summed E-state index contributed by atoms with van der Waals surface area (Å²) in [5, 5.41) is 4.09. The first-order valence-corrected chi connectivity index (χ1v) is 19.0. The van der Waals surface area contributed by atoms with Crippen LogP contribution >= 0.6 is 11.8 Å². The monoisotopic (exact) mass is 719 g/mol. The number of carbonyl (C=O) groups excluding carboxylic acids is 1. The van der Waals surface area contributed by atoms with Gasteiger partial charge in [0.25, 0.3) is 0 Å². The fourth-order valence-electron chi connectivity index (χ4n) is 6.47. The number of nitrogens with zero attached hydrogens (tertiary/aromatic N) is 1. The van der Waals surface area contributed by atoms with Gasteiger partial charge >= 0.3 is 6.16 Å². The summed E-state index contributed by atoms with van der Waals surface area (Å²) < 4.78 is 24.3. The summed E-state index contributed by atoms with van der Waals surface area (Å²) in [6.07, 6.45) is -0.174. The van der Waals surface area contributed by atoms with Crippen molar-refractivity contribution in [3.63, 3.8) is 0 Å². The van der Waals surface area contributed by atoms with Crippen LogP contribution < -0.4 is 4.74 Å². The molecule has 1 heterocycles. The largest absolute Gasteiger partial charge is 0.528 e. The Morgan fingerprint density at radius 3 is 2.21 bits per heavy atom. The molecular weight excluding hydrogens is 671 g/mol. The van der Waals surface area contributed by atoms with E-state index in [2.05, 4.69) is 91.0 Å². The van der Waals surface area contributed by atoms with Gasteiger partial charge in [-0.25, -0.2) is 4.79 Å². The molecule has 0 amide bonds. The maximum atomic E-state index is 12.9. The van der Waals surface area contributed by atoms with Gasteiger partial charge in [-0.2, -0.15) is 0 Å². The number of hydroxylamine groups is 2. The summed E-state index contributed by atoms with van der Waals surface area (Å²) >= 11 is 1.80. The highest BCUT2D eigenvalue weighted by atomic mass is 32.2. The number of fused-ring (bicyclic) bond motifs is 1. The number of thioether (sulfide) groups is 1. The average Bonchev–Trinajstić information content (AvgIpc) is 3.14. The summed E-state index contributed by atoms with van der Waals surface area (Å²) in [4.78, 5) is 19.9. The van der Waals surface area contributed by atoms with Crippen molar-refractivity contribution in [3.8, 4) is 5.75 Å². The molecule has 6 rings (SSSR count). The van der Waals surface area contributed by atoms with Crippen LogP contribution in [0, 0.1) is 5.92 Å². The van der Waals surface area contributed by atoms with Gasteiger partial charge in [-0.3, -0.25) is 0 Å². The van der Waals surface area contributed by atoms with E-state index >= 15 is 0 Å². The minimum absolute atomic E-state index is 0.0376. The van der Waals surface area contributed by atoms with Gasteiger partial charge in [0.2, 0.25) is 0 Å². The van der Waals surface area contributed by atoms with E-state index in [4.69, 9.17) is 23.8 Å². The molecule has 0 aliphatic carbocycles. The lowest BCUT2D eigenvalue weighted by Gasteiger charge is -2.42. The predicted octanol–water partition coefficient (Wildman–Crippen LogP) is 10.1. The SMILES string of the molecule is CC(C)(C)OC(=O)ON1CC(CSc2ccccc2)C(c2ccc(OCCCOCc3ccccc3)cc2)C(OCc2ccc3ccccc3c2)C1. The second kappa shape index (κ2) is 18.4. The molecule has 3 unspecified atom stereocenters. The standard InChI is InChI=1S/C44H49NO6S/c1-44(2,3)50-43(46)51-45-28-38(32-52-40-17-8-5-9-18-40)42(41(29-45)49-31-34-19-20-35-15-10-11-16-37(35)27-34)36-21-23-39(24-22-36)48-26-12-25-47-30-33-13-6-4-7-14-33/h4-11,13-24,27,38,41-42H,12,25-26,28-32H2,1-3H3. The molecule has 1 saturated heterocycles. The average molecular weight is 720 g/mol. The van der Waals surface area contributed by atoms with E-state index in [1.807, 2.05) is 57.2 Å². The van der Waals surface area contributed by atoms with Crippen molar-refractivity contribution in [2.75, 3.05) is 32.1 Å². The molecule has 0 spiro atoms. The molecule has 1 aliphatic heterocycles. The number of benzene rings is 5. The second-order valence-electron chi connectivity index (χ2n) is 14.2. The van der Waals surface area contributed by atoms with E-state index in [-0.39, 0.29) is 17.9 Å². The van der Waals surface area contributed by atoms with Crippen molar-refractivity contribution >= 4 is 28.7 Å². The van der Waals surface area contributed by atoms with Crippen molar-refractivity contribution in [1.29, 1.82) is 0 Å². The first-order valence-electron chi connectivity index (χ1n) is 18.1. The molecular formula is C44H49NO6S. The van der Waals surface area contributed by atoms with Crippen LogP contribution in [0.3, 0.4) is 0 Å². The number of carbonyl (C=O) groups is 1. The quantitative estimate of drug-likeness (QED) is 0.0602. The molecule has 272 valence electrons. The number of ether oxygens (including phenoxy) is 4. The molecule has 0 N–H and O–H groups in total. The third-order valence-corrected chi connectivity index (χ3v) is 10.1. The van der Waals surface area contributed by atoms with Crippen LogP contribution in [0.4, 0.5) is 4.79 Å². The Bertz CT molecular complexity index is 1830. The van der Waals surface area contributed by atoms with Crippen LogP contribution in [0.1, 0.15) is 49.8 Å². The highest BCUT2D eigenvalue weighted by Crippen LogP contribution is 2.39. The second-order valence-corrected chi connectivity index (χ2v) is 15.2. The zero-order valence-corrected chi connectivity index (χ0v) is 31.1. The van der Waals surface area contributed by atoms with Crippen LogP contribution in [-0.2, 0) is 32.3 Å². The minimum atomic E-state index is -0.708. The van der Waals surface area contributed by atoms with Gasteiger partial charge in [-0.05, 0) is 84.5 Å². The van der Waals surface area contributed by atoms with Gasteiger partial charge in [0.1, 0.15) is 11.4 Å². The van der Waals surface area contributed by atoms with E-state index in [1.54, 1.807) is 16.8 Å². The Kier molecular flexibility index (Phi) is 13.3.